The Morgan fingerprint density at radius 1 is 0.887 bits per heavy atom. The number of hydrogen-bond donors (Lipinski definition) is 1. The number of aromatic nitrogens is 1. The molecule has 5 aromatic rings. The Morgan fingerprint density at radius 3 is 1.98 bits per heavy atom. The van der Waals surface area contributed by atoms with E-state index < -0.39 is 11.7 Å². The average Bonchev–Trinajstić information content (AvgIpc) is 3.40. The third-order valence-electron chi connectivity index (χ3n) is 10.1. The van der Waals surface area contributed by atoms with Crippen molar-refractivity contribution in [3.05, 3.63) is 99.9 Å². The van der Waals surface area contributed by atoms with E-state index in [4.69, 9.17) is 0 Å². The van der Waals surface area contributed by atoms with Gasteiger partial charge in [0.05, 0.1) is 11.3 Å². The van der Waals surface area contributed by atoms with E-state index >= 15 is 0 Å². The van der Waals surface area contributed by atoms with Gasteiger partial charge in [-0.2, -0.15) is 13.2 Å². The van der Waals surface area contributed by atoms with Gasteiger partial charge >= 0.3 is 6.18 Å². The van der Waals surface area contributed by atoms with Crippen LogP contribution in [0, 0.1) is 45.6 Å². The Morgan fingerprint density at radius 2 is 1.45 bits per heavy atom. The SMILES string of the molecule is CCC(CC)C(=O)/C=C(\O)C(CC)CC.Cc1cc(C)c(-c2sc3c(-c4[c-]c5ccccc5c(C(C)(C)C)c4)ncc(C(F)(F)F)c3c2C)c(C)c1.[Ir]. The van der Waals surface area contributed by atoms with Crippen LogP contribution >= 0.6 is 11.3 Å². The zero-order valence-corrected chi connectivity index (χ0v) is 36.1. The number of aryl methyl sites for hydroxylation is 4. The molecule has 287 valence electrons. The van der Waals surface area contributed by atoms with E-state index in [0.717, 1.165) is 75.3 Å². The van der Waals surface area contributed by atoms with Gasteiger partial charge in [-0.1, -0.05) is 95.3 Å². The number of halogens is 3. The van der Waals surface area contributed by atoms with Crippen LogP contribution in [-0.2, 0) is 36.5 Å². The van der Waals surface area contributed by atoms with Gasteiger partial charge in [0.15, 0.2) is 5.78 Å². The van der Waals surface area contributed by atoms with Gasteiger partial charge in [0.2, 0.25) is 0 Å². The smallest absolute Gasteiger partial charge is 0.418 e. The summed E-state index contributed by atoms with van der Waals surface area (Å²) < 4.78 is 43.3. The maximum atomic E-state index is 14.2. The van der Waals surface area contributed by atoms with Crippen LogP contribution in [0.4, 0.5) is 13.2 Å². The molecule has 53 heavy (non-hydrogen) atoms. The molecular formula is C45H53F3IrNO2S-. The predicted octanol–water partition coefficient (Wildman–Crippen LogP) is 14.0. The van der Waals surface area contributed by atoms with Gasteiger partial charge in [0, 0.05) is 64.9 Å². The summed E-state index contributed by atoms with van der Waals surface area (Å²) in [6.07, 6.45) is 1.40. The molecule has 0 saturated carbocycles. The van der Waals surface area contributed by atoms with Crippen molar-refractivity contribution >= 4 is 38.0 Å². The number of rotatable bonds is 9. The second-order valence-corrected chi connectivity index (χ2v) is 16.0. The van der Waals surface area contributed by atoms with Crippen LogP contribution in [0.25, 0.3) is 42.6 Å². The first kappa shape index (κ1) is 44.1. The summed E-state index contributed by atoms with van der Waals surface area (Å²) in [6.45, 7) is 22.4. The first-order valence-corrected chi connectivity index (χ1v) is 19.2. The third-order valence-corrected chi connectivity index (χ3v) is 11.4. The number of carbonyl (C=O) groups is 1. The van der Waals surface area contributed by atoms with Crippen molar-refractivity contribution in [1.82, 2.24) is 4.98 Å². The molecule has 8 heteroatoms. The number of ketones is 1. The van der Waals surface area contributed by atoms with Crippen molar-refractivity contribution < 1.29 is 43.2 Å². The zero-order valence-electron chi connectivity index (χ0n) is 32.9. The summed E-state index contributed by atoms with van der Waals surface area (Å²) in [5.41, 5.74) is 6.41. The molecule has 2 heterocycles. The Balaban J connectivity index is 0.000000403. The standard InChI is InChI=1S/C32H29F3NS.C13H24O2.Ir/c1-17-12-18(2)26(19(3)13-17)29-20(4)27-25(32(33,34)35)16-36-28(30(27)37-29)22-14-21-10-8-9-11-23(21)24(15-22)31(5,6)7;1-5-10(6-2)12(14)9-13(15)11(7-3)8-4;/h8-13,15-16H,1-7H3;9-11,14H,5-8H2,1-4H3;/q-1;;/b;12-9-;. The van der Waals surface area contributed by atoms with Crippen molar-refractivity contribution in [2.75, 3.05) is 0 Å². The first-order chi connectivity index (χ1) is 24.4. The number of carbonyl (C=O) groups excluding carboxylic acids is 1. The minimum absolute atomic E-state index is 0. The van der Waals surface area contributed by atoms with Gasteiger partial charge < -0.3 is 5.11 Å². The molecule has 5 rings (SSSR count). The summed E-state index contributed by atoms with van der Waals surface area (Å²) in [5.74, 6) is 0.547. The number of alkyl halides is 3. The number of allylic oxidation sites excluding steroid dienone is 2. The minimum atomic E-state index is -4.51. The van der Waals surface area contributed by atoms with E-state index in [1.165, 1.54) is 17.4 Å². The molecule has 0 atom stereocenters. The summed E-state index contributed by atoms with van der Waals surface area (Å²) in [6, 6.07) is 17.7. The molecule has 0 fully saturated rings. The zero-order chi connectivity index (χ0) is 38.7. The number of thiophene rings is 1. The van der Waals surface area contributed by atoms with E-state index in [1.807, 2.05) is 66.7 Å². The van der Waals surface area contributed by atoms with Crippen molar-refractivity contribution in [2.24, 2.45) is 11.8 Å². The molecule has 0 bridgehead atoms. The van der Waals surface area contributed by atoms with Gasteiger partial charge in [-0.25, -0.2) is 0 Å². The maximum absolute atomic E-state index is 14.2. The number of aliphatic hydroxyl groups excluding tert-OH is 1. The number of aliphatic hydroxyl groups is 1. The van der Waals surface area contributed by atoms with Crippen molar-refractivity contribution in [2.45, 2.75) is 113 Å². The van der Waals surface area contributed by atoms with Crippen LogP contribution in [0.5, 0.6) is 0 Å². The fourth-order valence-electron chi connectivity index (χ4n) is 7.20. The van der Waals surface area contributed by atoms with Crippen LogP contribution in [0.3, 0.4) is 0 Å². The minimum Gasteiger partial charge on any atom is -0.512 e. The van der Waals surface area contributed by atoms with Crippen LogP contribution in [-0.4, -0.2) is 15.9 Å². The second-order valence-electron chi connectivity index (χ2n) is 14.9. The molecule has 2 aromatic heterocycles. The monoisotopic (exact) mass is 921 g/mol. The number of pyridine rings is 1. The number of fused-ring (bicyclic) bond motifs is 2. The summed E-state index contributed by atoms with van der Waals surface area (Å²) in [4.78, 5) is 17.0. The van der Waals surface area contributed by atoms with Gasteiger partial charge in [0.25, 0.3) is 0 Å². The normalized spacial score (nSPS) is 12.3. The quantitative estimate of drug-likeness (QED) is 0.0910. The average molecular weight is 921 g/mol. The molecular weight excluding hydrogens is 868 g/mol. The molecule has 3 aromatic carbocycles. The van der Waals surface area contributed by atoms with Crippen LogP contribution < -0.4 is 0 Å². The largest absolute Gasteiger partial charge is 0.512 e. The van der Waals surface area contributed by atoms with Crippen LogP contribution in [0.2, 0.25) is 0 Å². The number of hydrogen-bond acceptors (Lipinski definition) is 4. The first-order valence-electron chi connectivity index (χ1n) is 18.3. The Kier molecular flexibility index (Phi) is 14.9. The molecule has 0 spiro atoms. The molecule has 0 aliphatic carbocycles. The van der Waals surface area contributed by atoms with Gasteiger partial charge in [-0.05, 0) is 81.0 Å². The number of benzene rings is 3. The Labute approximate surface area is 331 Å². The summed E-state index contributed by atoms with van der Waals surface area (Å²) in [5, 5.41) is 12.0. The maximum Gasteiger partial charge on any atom is 0.418 e. The van der Waals surface area contributed by atoms with Gasteiger partial charge in [-0.3, -0.25) is 9.78 Å². The molecule has 0 aliphatic heterocycles. The number of nitrogens with zero attached hydrogens (tertiary/aromatic N) is 1. The Hall–Kier alpha value is -3.32. The second kappa shape index (κ2) is 17.9. The topological polar surface area (TPSA) is 50.2 Å². The fourth-order valence-corrected chi connectivity index (χ4v) is 8.71. The van der Waals surface area contributed by atoms with Crippen LogP contribution in [0.1, 0.15) is 108 Å². The summed E-state index contributed by atoms with van der Waals surface area (Å²) >= 11 is 1.40. The van der Waals surface area contributed by atoms with Gasteiger partial charge in [-0.15, -0.1) is 40.5 Å². The van der Waals surface area contributed by atoms with E-state index in [0.29, 0.717) is 21.5 Å². The van der Waals surface area contributed by atoms with E-state index in [2.05, 4.69) is 56.1 Å². The molecule has 1 radical (unpaired) electrons. The molecule has 0 aliphatic rings. The van der Waals surface area contributed by atoms with Gasteiger partial charge in [0.1, 0.15) is 0 Å². The molecule has 0 amide bonds. The van der Waals surface area contributed by atoms with E-state index in [1.54, 1.807) is 6.92 Å². The molecule has 1 N–H and O–H groups in total. The van der Waals surface area contributed by atoms with Crippen molar-refractivity contribution in [3.8, 4) is 21.7 Å². The van der Waals surface area contributed by atoms with Crippen molar-refractivity contribution in [1.29, 1.82) is 0 Å². The van der Waals surface area contributed by atoms with Crippen molar-refractivity contribution in [3.63, 3.8) is 0 Å². The van der Waals surface area contributed by atoms with E-state index in [9.17, 15) is 23.1 Å². The predicted molar refractivity (Wildman–Crippen MR) is 213 cm³/mol. The summed E-state index contributed by atoms with van der Waals surface area (Å²) in [7, 11) is 0. The third kappa shape index (κ3) is 9.68. The van der Waals surface area contributed by atoms with Crippen LogP contribution in [0.15, 0.2) is 60.5 Å². The Bertz CT molecular complexity index is 2070. The molecule has 0 unspecified atom stereocenters. The fraction of sp³-hybridized carbons (Fsp3) is 0.422. The van der Waals surface area contributed by atoms with E-state index in [-0.39, 0.29) is 54.3 Å². The molecule has 0 saturated heterocycles. The molecule has 3 nitrogen and oxygen atoms in total.